The second kappa shape index (κ2) is 9.51. The summed E-state index contributed by atoms with van der Waals surface area (Å²) < 4.78 is 1.20. The number of ketones is 1. The largest absolute Gasteiger partial charge is 0.512 e. The minimum atomic E-state index is -0.125. The molecule has 0 aliphatic rings. The Labute approximate surface area is 175 Å². The summed E-state index contributed by atoms with van der Waals surface area (Å²) in [5, 5.41) is 11.7. The van der Waals surface area contributed by atoms with E-state index in [2.05, 4.69) is 28.2 Å². The number of para-hydroxylation sites is 1. The van der Waals surface area contributed by atoms with Gasteiger partial charge >= 0.3 is 0 Å². The zero-order valence-corrected chi connectivity index (χ0v) is 18.1. The minimum Gasteiger partial charge on any atom is -0.512 e. The Hall–Kier alpha value is -2.40. The molecule has 2 heterocycles. The van der Waals surface area contributed by atoms with E-state index in [4.69, 9.17) is 5.11 Å². The number of aliphatic hydroxyl groups is 1. The number of thiazole rings is 1. The Morgan fingerprint density at radius 2 is 1.74 bits per heavy atom. The van der Waals surface area contributed by atoms with Crippen LogP contribution in [0.5, 0.6) is 0 Å². The van der Waals surface area contributed by atoms with Crippen LogP contribution in [0.25, 0.3) is 31.7 Å². The summed E-state index contributed by atoms with van der Waals surface area (Å²) in [6.07, 6.45) is 3.02. The molecule has 0 saturated carbocycles. The van der Waals surface area contributed by atoms with Gasteiger partial charge in [-0.1, -0.05) is 36.4 Å². The molecule has 0 spiro atoms. The van der Waals surface area contributed by atoms with E-state index in [9.17, 15) is 4.79 Å². The Kier molecular flexibility index (Phi) is 7.36. The van der Waals surface area contributed by atoms with Gasteiger partial charge in [0.15, 0.2) is 5.78 Å². The zero-order chi connectivity index (χ0) is 18.5. The van der Waals surface area contributed by atoms with E-state index in [0.29, 0.717) is 0 Å². The Morgan fingerprint density at radius 1 is 1.04 bits per heavy atom. The van der Waals surface area contributed by atoms with Crippen molar-refractivity contribution in [1.82, 2.24) is 9.97 Å². The van der Waals surface area contributed by atoms with Gasteiger partial charge in [0.2, 0.25) is 0 Å². The monoisotopic (exact) mass is 555 g/mol. The van der Waals surface area contributed by atoms with Gasteiger partial charge in [-0.3, -0.25) is 9.78 Å². The van der Waals surface area contributed by atoms with E-state index in [1.807, 2.05) is 42.6 Å². The van der Waals surface area contributed by atoms with Crippen LogP contribution in [0.4, 0.5) is 0 Å². The number of hydrogen-bond donors (Lipinski definition) is 1. The molecule has 27 heavy (non-hydrogen) atoms. The number of pyridine rings is 1. The Bertz CT molecular complexity index is 1060. The normalized spacial score (nSPS) is 10.8. The van der Waals surface area contributed by atoms with Crippen LogP contribution < -0.4 is 0 Å². The van der Waals surface area contributed by atoms with Gasteiger partial charge in [-0.05, 0) is 37.4 Å². The van der Waals surface area contributed by atoms with E-state index >= 15 is 0 Å². The van der Waals surface area contributed by atoms with Crippen molar-refractivity contribution < 1.29 is 30.0 Å². The number of fused-ring (bicyclic) bond motifs is 2. The zero-order valence-electron chi connectivity index (χ0n) is 14.8. The summed E-state index contributed by atoms with van der Waals surface area (Å²) in [6, 6.07) is 18.5. The third-order valence-corrected chi connectivity index (χ3v) is 4.63. The van der Waals surface area contributed by atoms with Crippen LogP contribution in [0, 0.1) is 0 Å². The van der Waals surface area contributed by atoms with Crippen LogP contribution >= 0.6 is 11.3 Å². The maximum absolute atomic E-state index is 10.0. The SMILES string of the molecule is CC(=O)/C=C(/C)O.[Ir].c1ccc2c(-c3nc4ccccc4s3)nccc2c1. The van der Waals surface area contributed by atoms with Crippen LogP contribution in [-0.4, -0.2) is 20.9 Å². The van der Waals surface area contributed by atoms with E-state index in [-0.39, 0.29) is 31.6 Å². The third kappa shape index (κ3) is 5.29. The van der Waals surface area contributed by atoms with Gasteiger partial charge in [0.05, 0.1) is 16.0 Å². The first kappa shape index (κ1) is 20.9. The number of rotatable bonds is 2. The molecule has 2 aromatic carbocycles. The fourth-order valence-electron chi connectivity index (χ4n) is 2.56. The summed E-state index contributed by atoms with van der Waals surface area (Å²) in [5.41, 5.74) is 2.01. The smallest absolute Gasteiger partial charge is 0.155 e. The van der Waals surface area contributed by atoms with Crippen molar-refractivity contribution in [1.29, 1.82) is 0 Å². The van der Waals surface area contributed by atoms with Crippen LogP contribution in [0.15, 0.2) is 72.6 Å². The molecular formula is C21H18IrN2O2S. The van der Waals surface area contributed by atoms with Crippen LogP contribution in [0.3, 0.4) is 0 Å². The molecule has 1 N–H and O–H groups in total. The van der Waals surface area contributed by atoms with Gasteiger partial charge in [-0.2, -0.15) is 0 Å². The van der Waals surface area contributed by atoms with Gasteiger partial charge in [0, 0.05) is 37.8 Å². The van der Waals surface area contributed by atoms with E-state index in [0.717, 1.165) is 21.6 Å². The fourth-order valence-corrected chi connectivity index (χ4v) is 3.53. The maximum Gasteiger partial charge on any atom is 0.155 e. The second-order valence-corrected chi connectivity index (χ2v) is 6.79. The summed E-state index contributed by atoms with van der Waals surface area (Å²) >= 11 is 1.69. The van der Waals surface area contributed by atoms with Crippen molar-refractivity contribution in [3.05, 3.63) is 72.6 Å². The number of carbonyl (C=O) groups excluding carboxylic acids is 1. The van der Waals surface area contributed by atoms with Crippen molar-refractivity contribution in [3.63, 3.8) is 0 Å². The van der Waals surface area contributed by atoms with Gasteiger partial charge in [-0.25, -0.2) is 4.98 Å². The molecule has 0 aliphatic carbocycles. The number of nitrogens with zero attached hydrogens (tertiary/aromatic N) is 2. The van der Waals surface area contributed by atoms with E-state index in [1.54, 1.807) is 11.3 Å². The first-order valence-electron chi connectivity index (χ1n) is 8.12. The number of aliphatic hydroxyl groups excluding tert-OH is 1. The van der Waals surface area contributed by atoms with Gasteiger partial charge in [0.25, 0.3) is 0 Å². The average molecular weight is 555 g/mol. The predicted octanol–water partition coefficient (Wildman–Crippen LogP) is 5.55. The molecule has 4 nitrogen and oxygen atoms in total. The van der Waals surface area contributed by atoms with E-state index < -0.39 is 0 Å². The number of carbonyl (C=O) groups is 1. The van der Waals surface area contributed by atoms with Crippen molar-refractivity contribution in [2.45, 2.75) is 13.8 Å². The topological polar surface area (TPSA) is 63.1 Å². The van der Waals surface area contributed by atoms with Gasteiger partial charge < -0.3 is 5.11 Å². The number of aromatic nitrogens is 2. The summed E-state index contributed by atoms with van der Waals surface area (Å²) in [5.74, 6) is -0.0625. The van der Waals surface area contributed by atoms with E-state index in [1.165, 1.54) is 30.0 Å². The van der Waals surface area contributed by atoms with Crippen LogP contribution in [-0.2, 0) is 24.9 Å². The molecule has 2 aromatic heterocycles. The molecule has 6 heteroatoms. The molecular weight excluding hydrogens is 537 g/mol. The third-order valence-electron chi connectivity index (χ3n) is 3.58. The Balaban J connectivity index is 0.000000285. The summed E-state index contributed by atoms with van der Waals surface area (Å²) in [4.78, 5) is 19.2. The predicted molar refractivity (Wildman–Crippen MR) is 107 cm³/mol. The number of allylic oxidation sites excluding steroid dienone is 2. The van der Waals surface area contributed by atoms with Crippen molar-refractivity contribution in [2.75, 3.05) is 0 Å². The standard InChI is InChI=1S/C16H10N2S.C5H8O2.Ir/c1-2-6-12-11(5-1)9-10-17-15(12)16-18-13-7-3-4-8-14(13)19-16;1-4(6)3-5(2)7;/h1-10H;3,6H,1-2H3;/b;4-3-;. The molecule has 1 radical (unpaired) electrons. The fraction of sp³-hybridized carbons (Fsp3) is 0.0952. The molecule has 0 bridgehead atoms. The quantitative estimate of drug-likeness (QED) is 0.261. The van der Waals surface area contributed by atoms with Gasteiger partial charge in [-0.15, -0.1) is 11.3 Å². The molecule has 0 atom stereocenters. The van der Waals surface area contributed by atoms with Crippen molar-refractivity contribution >= 4 is 38.1 Å². The first-order valence-corrected chi connectivity index (χ1v) is 8.94. The number of benzene rings is 2. The first-order chi connectivity index (χ1) is 12.5. The molecule has 139 valence electrons. The molecule has 0 amide bonds. The molecule has 0 aliphatic heterocycles. The van der Waals surface area contributed by atoms with Crippen LogP contribution in [0.1, 0.15) is 13.8 Å². The second-order valence-electron chi connectivity index (χ2n) is 5.76. The molecule has 0 unspecified atom stereocenters. The minimum absolute atomic E-state index is 0. The maximum atomic E-state index is 10.0. The summed E-state index contributed by atoms with van der Waals surface area (Å²) in [6.45, 7) is 2.85. The van der Waals surface area contributed by atoms with Crippen LogP contribution in [0.2, 0.25) is 0 Å². The number of hydrogen-bond acceptors (Lipinski definition) is 5. The molecule has 0 saturated heterocycles. The van der Waals surface area contributed by atoms with Gasteiger partial charge in [0.1, 0.15) is 10.7 Å². The summed E-state index contributed by atoms with van der Waals surface area (Å²) in [7, 11) is 0. The molecule has 4 rings (SSSR count). The Morgan fingerprint density at radius 3 is 2.41 bits per heavy atom. The molecule has 0 fully saturated rings. The van der Waals surface area contributed by atoms with Crippen molar-refractivity contribution in [2.24, 2.45) is 0 Å². The van der Waals surface area contributed by atoms with Crippen molar-refractivity contribution in [3.8, 4) is 10.7 Å². The molecule has 4 aromatic rings. The average Bonchev–Trinajstić information content (AvgIpc) is 3.04.